The van der Waals surface area contributed by atoms with Crippen LogP contribution in [0.2, 0.25) is 10.0 Å². The van der Waals surface area contributed by atoms with Crippen LogP contribution in [-0.2, 0) is 19.6 Å². The zero-order valence-electron chi connectivity index (χ0n) is 25.1. The van der Waals surface area contributed by atoms with E-state index in [0.717, 1.165) is 10.1 Å². The normalized spacial score (nSPS) is 15.0. The summed E-state index contributed by atoms with van der Waals surface area (Å²) in [6, 6.07) is 21.2. The summed E-state index contributed by atoms with van der Waals surface area (Å²) in [5.74, 6) is -0.512. The molecule has 2 atom stereocenters. The topological polar surface area (TPSA) is 116 Å². The van der Waals surface area contributed by atoms with Crippen LogP contribution in [0.5, 0.6) is 0 Å². The first kappa shape index (κ1) is 33.9. The minimum Gasteiger partial charge on any atom is -0.351 e. The summed E-state index contributed by atoms with van der Waals surface area (Å²) in [4.78, 5) is 43.2. The number of nitrogens with zero attached hydrogens (tertiary/aromatic N) is 2. The highest BCUT2D eigenvalue weighted by Gasteiger charge is 2.34. The summed E-state index contributed by atoms with van der Waals surface area (Å²) in [6.07, 6.45) is 0.971. The van der Waals surface area contributed by atoms with E-state index in [9.17, 15) is 22.8 Å². The van der Waals surface area contributed by atoms with Crippen LogP contribution in [0.4, 0.5) is 0 Å². The molecule has 0 spiro atoms. The van der Waals surface area contributed by atoms with Gasteiger partial charge in [0.2, 0.25) is 21.8 Å². The lowest BCUT2D eigenvalue weighted by Gasteiger charge is -2.37. The minimum atomic E-state index is -4.19. The largest absolute Gasteiger partial charge is 0.351 e. The van der Waals surface area contributed by atoms with Crippen LogP contribution in [0.3, 0.4) is 0 Å². The van der Waals surface area contributed by atoms with Crippen molar-refractivity contribution < 1.29 is 22.8 Å². The standard InChI is InChI=1S/C33H34Cl2N4O5S2/c1-22(13-14-36-32(41)28-20-24-9-5-6-10-27(24)45-28)19-30(40)38-15-17-39(18-16-38)33(42)31(23-7-3-2-4-8-23)37-46(43,44)29-12-11-25(34)21-26(29)35/h2-12,20-22,31,37H,13-19H2,1H3,(H,36,41)/t22?,31-/m0/s1. The second-order valence-electron chi connectivity index (χ2n) is 11.2. The van der Waals surface area contributed by atoms with Gasteiger partial charge in [-0.05, 0) is 53.6 Å². The summed E-state index contributed by atoms with van der Waals surface area (Å²) in [5, 5.41) is 4.23. The third-order valence-corrected chi connectivity index (χ3v) is 11.1. The molecule has 1 fully saturated rings. The Balaban J connectivity index is 1.13. The van der Waals surface area contributed by atoms with Gasteiger partial charge in [0.25, 0.3) is 5.91 Å². The fourth-order valence-corrected chi connectivity index (χ4v) is 8.25. The monoisotopic (exact) mass is 700 g/mol. The Morgan fingerprint density at radius 3 is 2.26 bits per heavy atom. The highest BCUT2D eigenvalue weighted by Crippen LogP contribution is 2.28. The van der Waals surface area contributed by atoms with Crippen LogP contribution in [-0.4, -0.2) is 68.7 Å². The summed E-state index contributed by atoms with van der Waals surface area (Å²) in [6.45, 7) is 3.62. The van der Waals surface area contributed by atoms with E-state index in [1.54, 1.807) is 40.1 Å². The molecule has 46 heavy (non-hydrogen) atoms. The molecule has 1 unspecified atom stereocenters. The van der Waals surface area contributed by atoms with Crippen LogP contribution in [0.25, 0.3) is 10.1 Å². The molecule has 13 heteroatoms. The van der Waals surface area contributed by atoms with Crippen molar-refractivity contribution in [3.05, 3.63) is 99.3 Å². The molecular weight excluding hydrogens is 667 g/mol. The van der Waals surface area contributed by atoms with Gasteiger partial charge in [-0.15, -0.1) is 11.3 Å². The lowest BCUT2D eigenvalue weighted by atomic mass is 10.0. The van der Waals surface area contributed by atoms with Crippen molar-refractivity contribution in [2.45, 2.75) is 30.7 Å². The molecule has 242 valence electrons. The summed E-state index contributed by atoms with van der Waals surface area (Å²) in [5.41, 5.74) is 0.480. The number of rotatable bonds is 11. The smallest absolute Gasteiger partial charge is 0.261 e. The molecule has 2 heterocycles. The first-order valence-electron chi connectivity index (χ1n) is 14.9. The van der Waals surface area contributed by atoms with Crippen molar-refractivity contribution in [3.8, 4) is 0 Å². The third-order valence-electron chi connectivity index (χ3n) is 7.88. The number of thiophene rings is 1. The maximum Gasteiger partial charge on any atom is 0.261 e. The zero-order valence-corrected chi connectivity index (χ0v) is 28.3. The van der Waals surface area contributed by atoms with E-state index in [0.29, 0.717) is 42.9 Å². The van der Waals surface area contributed by atoms with E-state index < -0.39 is 22.0 Å². The van der Waals surface area contributed by atoms with Gasteiger partial charge >= 0.3 is 0 Å². The van der Waals surface area contributed by atoms with Crippen molar-refractivity contribution in [1.29, 1.82) is 0 Å². The van der Waals surface area contributed by atoms with Crippen LogP contribution in [0, 0.1) is 5.92 Å². The Morgan fingerprint density at radius 1 is 0.891 bits per heavy atom. The van der Waals surface area contributed by atoms with Crippen molar-refractivity contribution in [1.82, 2.24) is 19.8 Å². The fraction of sp³-hybridized carbons (Fsp3) is 0.303. The molecule has 1 aliphatic rings. The summed E-state index contributed by atoms with van der Waals surface area (Å²) >= 11 is 13.6. The minimum absolute atomic E-state index is 0.0203. The van der Waals surface area contributed by atoms with E-state index in [1.165, 1.54) is 29.5 Å². The van der Waals surface area contributed by atoms with Crippen LogP contribution >= 0.6 is 34.5 Å². The Labute approximate surface area is 282 Å². The number of carbonyl (C=O) groups excluding carboxylic acids is 3. The number of hydrogen-bond donors (Lipinski definition) is 2. The Hall–Kier alpha value is -3.48. The van der Waals surface area contributed by atoms with Gasteiger partial charge in [-0.1, -0.05) is 78.7 Å². The number of fused-ring (bicyclic) bond motifs is 1. The van der Waals surface area contributed by atoms with E-state index in [-0.39, 0.29) is 45.8 Å². The summed E-state index contributed by atoms with van der Waals surface area (Å²) < 4.78 is 30.2. The molecule has 2 N–H and O–H groups in total. The number of benzene rings is 3. The van der Waals surface area contributed by atoms with E-state index in [4.69, 9.17) is 23.2 Å². The molecule has 3 amide bonds. The number of piperazine rings is 1. The van der Waals surface area contributed by atoms with Crippen LogP contribution in [0.1, 0.15) is 41.0 Å². The average Bonchev–Trinajstić information content (AvgIpc) is 3.48. The SMILES string of the molecule is CC(CCNC(=O)c1cc2ccccc2s1)CC(=O)N1CCN(C(=O)[C@@H](NS(=O)(=O)c2ccc(Cl)cc2Cl)c2ccccc2)CC1. The van der Waals surface area contributed by atoms with Gasteiger partial charge in [0, 0.05) is 48.9 Å². The molecule has 0 saturated carbocycles. The predicted molar refractivity (Wildman–Crippen MR) is 182 cm³/mol. The Morgan fingerprint density at radius 2 is 1.57 bits per heavy atom. The van der Waals surface area contributed by atoms with E-state index in [2.05, 4.69) is 10.0 Å². The zero-order chi connectivity index (χ0) is 32.8. The molecule has 1 saturated heterocycles. The molecular formula is C33H34Cl2N4O5S2. The molecule has 4 aromatic rings. The van der Waals surface area contributed by atoms with Gasteiger partial charge in [0.15, 0.2) is 0 Å². The van der Waals surface area contributed by atoms with Gasteiger partial charge in [-0.3, -0.25) is 14.4 Å². The lowest BCUT2D eigenvalue weighted by molar-refractivity contribution is -0.141. The molecule has 1 aromatic heterocycles. The Kier molecular flexibility index (Phi) is 11.0. The average molecular weight is 702 g/mol. The molecule has 9 nitrogen and oxygen atoms in total. The quantitative estimate of drug-likeness (QED) is 0.207. The Bertz CT molecular complexity index is 1790. The number of carbonyl (C=O) groups is 3. The number of hydrogen-bond acceptors (Lipinski definition) is 6. The molecule has 0 radical (unpaired) electrons. The predicted octanol–water partition coefficient (Wildman–Crippen LogP) is 5.74. The summed E-state index contributed by atoms with van der Waals surface area (Å²) in [7, 11) is -4.19. The van der Waals surface area contributed by atoms with Crippen molar-refractivity contribution in [3.63, 3.8) is 0 Å². The van der Waals surface area contributed by atoms with E-state index >= 15 is 0 Å². The molecule has 3 aromatic carbocycles. The van der Waals surface area contributed by atoms with Crippen molar-refractivity contribution in [2.75, 3.05) is 32.7 Å². The maximum absolute atomic E-state index is 13.7. The molecule has 0 aliphatic carbocycles. The van der Waals surface area contributed by atoms with Gasteiger partial charge in [-0.25, -0.2) is 8.42 Å². The van der Waals surface area contributed by atoms with Crippen LogP contribution < -0.4 is 10.0 Å². The molecule has 5 rings (SSSR count). The molecule has 0 bridgehead atoms. The first-order chi connectivity index (χ1) is 22.0. The number of nitrogens with one attached hydrogen (secondary N) is 2. The highest BCUT2D eigenvalue weighted by molar-refractivity contribution is 7.89. The maximum atomic E-state index is 13.7. The number of sulfonamides is 1. The van der Waals surface area contributed by atoms with Crippen molar-refractivity contribution in [2.24, 2.45) is 5.92 Å². The van der Waals surface area contributed by atoms with Crippen LogP contribution in [0.15, 0.2) is 83.8 Å². The van der Waals surface area contributed by atoms with E-state index in [1.807, 2.05) is 37.3 Å². The van der Waals surface area contributed by atoms with Gasteiger partial charge < -0.3 is 15.1 Å². The highest BCUT2D eigenvalue weighted by atomic mass is 35.5. The second kappa shape index (κ2) is 15.0. The third kappa shape index (κ3) is 8.26. The lowest BCUT2D eigenvalue weighted by Crippen LogP contribution is -2.53. The fourth-order valence-electron chi connectivity index (χ4n) is 5.32. The van der Waals surface area contributed by atoms with Crippen molar-refractivity contribution >= 4 is 72.4 Å². The second-order valence-corrected chi connectivity index (χ2v) is 14.9. The number of amides is 3. The number of halogens is 2. The van der Waals surface area contributed by atoms with Gasteiger partial charge in [-0.2, -0.15) is 4.72 Å². The van der Waals surface area contributed by atoms with Gasteiger partial charge in [0.05, 0.1) is 9.90 Å². The first-order valence-corrected chi connectivity index (χ1v) is 17.9. The van der Waals surface area contributed by atoms with Gasteiger partial charge in [0.1, 0.15) is 10.9 Å². The molecule has 1 aliphatic heterocycles.